The van der Waals surface area contributed by atoms with Crippen molar-refractivity contribution in [3.63, 3.8) is 0 Å². The van der Waals surface area contributed by atoms with Crippen molar-refractivity contribution >= 4 is 21.3 Å². The Hall–Kier alpha value is -3.77. The number of rotatable bonds is 3. The largest absolute Gasteiger partial charge is 0.382 e. The average Bonchev–Trinajstić information content (AvgIpc) is 3.24. The number of sulfone groups is 1. The lowest BCUT2D eigenvalue weighted by atomic mass is 9.95. The summed E-state index contributed by atoms with van der Waals surface area (Å²) < 4.78 is 25.2. The molecule has 4 aromatic rings. The Morgan fingerprint density at radius 2 is 1.78 bits per heavy atom. The van der Waals surface area contributed by atoms with E-state index < -0.39 is 9.84 Å². The van der Waals surface area contributed by atoms with E-state index in [1.54, 1.807) is 12.4 Å². The predicted octanol–water partition coefficient (Wildman–Crippen LogP) is 3.20. The molecule has 0 spiro atoms. The molecule has 0 amide bonds. The molecule has 0 bridgehead atoms. The maximum absolute atomic E-state index is 11.9. The van der Waals surface area contributed by atoms with Crippen LogP contribution in [-0.2, 0) is 9.84 Å². The summed E-state index contributed by atoms with van der Waals surface area (Å²) in [7, 11) is -3.03. The molecule has 160 valence electrons. The van der Waals surface area contributed by atoms with Gasteiger partial charge >= 0.3 is 0 Å². The Bertz CT molecular complexity index is 1440. The van der Waals surface area contributed by atoms with Crippen LogP contribution in [0.2, 0.25) is 0 Å². The van der Waals surface area contributed by atoms with Gasteiger partial charge in [0.05, 0.1) is 29.1 Å². The maximum atomic E-state index is 11.9. The van der Waals surface area contributed by atoms with Gasteiger partial charge in [0.2, 0.25) is 0 Å². The van der Waals surface area contributed by atoms with Crippen molar-refractivity contribution in [3.05, 3.63) is 66.1 Å². The molecule has 0 saturated carbocycles. The van der Waals surface area contributed by atoms with Crippen LogP contribution in [0.5, 0.6) is 0 Å². The van der Waals surface area contributed by atoms with Crippen molar-refractivity contribution in [2.45, 2.75) is 18.8 Å². The Balaban J connectivity index is 1.58. The lowest BCUT2D eigenvalue weighted by molar-refractivity contribution is 0.544. The van der Waals surface area contributed by atoms with Crippen molar-refractivity contribution < 1.29 is 8.42 Å². The average molecular weight is 445 g/mol. The maximum Gasteiger partial charge on any atom is 0.165 e. The summed E-state index contributed by atoms with van der Waals surface area (Å²) in [6.07, 6.45) is 4.28. The van der Waals surface area contributed by atoms with Crippen LogP contribution in [0, 0.1) is 11.3 Å². The van der Waals surface area contributed by atoms with E-state index in [0.29, 0.717) is 24.2 Å². The van der Waals surface area contributed by atoms with Gasteiger partial charge in [0.1, 0.15) is 27.3 Å². The molecule has 3 aromatic heterocycles. The van der Waals surface area contributed by atoms with E-state index in [-0.39, 0.29) is 28.8 Å². The third-order valence-electron chi connectivity index (χ3n) is 5.91. The minimum Gasteiger partial charge on any atom is -0.382 e. The number of hydrogen-bond donors (Lipinski definition) is 1. The molecule has 1 aromatic carbocycles. The van der Waals surface area contributed by atoms with Gasteiger partial charge in [0.15, 0.2) is 5.65 Å². The zero-order valence-corrected chi connectivity index (χ0v) is 18.0. The van der Waals surface area contributed by atoms with Crippen molar-refractivity contribution in [2.24, 2.45) is 0 Å². The van der Waals surface area contributed by atoms with Gasteiger partial charge in [0.25, 0.3) is 0 Å². The summed E-state index contributed by atoms with van der Waals surface area (Å²) in [6.45, 7) is 0. The number of pyridine rings is 1. The lowest BCUT2D eigenvalue weighted by Gasteiger charge is -2.23. The first-order valence-electron chi connectivity index (χ1n) is 10.3. The molecule has 2 N–H and O–H groups in total. The monoisotopic (exact) mass is 444 g/mol. The molecule has 8 nitrogen and oxygen atoms in total. The second-order valence-corrected chi connectivity index (χ2v) is 10.2. The summed E-state index contributed by atoms with van der Waals surface area (Å²) in [5.41, 5.74) is 11.1. The Labute approximate surface area is 185 Å². The van der Waals surface area contributed by atoms with Gasteiger partial charge in [-0.3, -0.25) is 4.98 Å². The van der Waals surface area contributed by atoms with Crippen LogP contribution in [0.1, 0.15) is 30.0 Å². The van der Waals surface area contributed by atoms with Crippen LogP contribution in [0.3, 0.4) is 0 Å². The molecule has 0 radical (unpaired) electrons. The number of fused-ring (bicyclic) bond motifs is 1. The van der Waals surface area contributed by atoms with Gasteiger partial charge in [-0.2, -0.15) is 14.9 Å². The van der Waals surface area contributed by atoms with E-state index in [1.807, 2.05) is 42.5 Å². The molecule has 1 fully saturated rings. The summed E-state index contributed by atoms with van der Waals surface area (Å²) in [4.78, 5) is 9.35. The molecule has 9 heteroatoms. The molecule has 1 saturated heterocycles. The number of nitrogens with zero attached hydrogens (tertiary/aromatic N) is 5. The number of nitrogen functional groups attached to an aromatic ring is 1. The SMILES string of the molecule is N#Cc1c(C2CCS(=O)(=O)CC2)nc2c(-c3ccc(-c4ccccc4)nc3)cnn2c1N. The predicted molar refractivity (Wildman–Crippen MR) is 121 cm³/mol. The van der Waals surface area contributed by atoms with E-state index in [4.69, 9.17) is 10.7 Å². The van der Waals surface area contributed by atoms with Crippen molar-refractivity contribution in [2.75, 3.05) is 17.2 Å². The number of anilines is 1. The Morgan fingerprint density at radius 3 is 2.44 bits per heavy atom. The highest BCUT2D eigenvalue weighted by Crippen LogP contribution is 2.34. The minimum absolute atomic E-state index is 0.0896. The van der Waals surface area contributed by atoms with Crippen LogP contribution in [0.15, 0.2) is 54.9 Å². The number of nitriles is 1. The standard InChI is InChI=1S/C23H20N6O2S/c24-12-18-21(16-8-10-32(30,31)11-9-16)28-23-19(14-27-29(23)22(18)25)17-6-7-20(26-13-17)15-4-2-1-3-5-15/h1-7,13-14,16H,8-11,25H2. The van der Waals surface area contributed by atoms with Crippen molar-refractivity contribution in [1.82, 2.24) is 19.6 Å². The molecule has 0 unspecified atom stereocenters. The lowest BCUT2D eigenvalue weighted by Crippen LogP contribution is -2.24. The van der Waals surface area contributed by atoms with Crippen LogP contribution in [0.25, 0.3) is 28.0 Å². The fraction of sp³-hybridized carbons (Fsp3) is 0.217. The quantitative estimate of drug-likeness (QED) is 0.514. The van der Waals surface area contributed by atoms with Gasteiger partial charge in [-0.1, -0.05) is 36.4 Å². The molecule has 32 heavy (non-hydrogen) atoms. The first-order valence-corrected chi connectivity index (χ1v) is 12.1. The third-order valence-corrected chi connectivity index (χ3v) is 7.62. The molecule has 1 aliphatic heterocycles. The molecule has 1 aliphatic rings. The van der Waals surface area contributed by atoms with Crippen LogP contribution >= 0.6 is 0 Å². The van der Waals surface area contributed by atoms with E-state index in [1.165, 1.54) is 4.52 Å². The van der Waals surface area contributed by atoms with Gasteiger partial charge < -0.3 is 5.73 Å². The fourth-order valence-electron chi connectivity index (χ4n) is 4.14. The summed E-state index contributed by atoms with van der Waals surface area (Å²) in [6, 6.07) is 15.9. The Kier molecular flexibility index (Phi) is 4.87. The molecule has 4 heterocycles. The second-order valence-electron chi connectivity index (χ2n) is 7.89. The first-order chi connectivity index (χ1) is 15.5. The number of benzene rings is 1. The highest BCUT2D eigenvalue weighted by atomic mass is 32.2. The van der Waals surface area contributed by atoms with Crippen LogP contribution in [-0.4, -0.2) is 39.5 Å². The van der Waals surface area contributed by atoms with E-state index in [9.17, 15) is 13.7 Å². The van der Waals surface area contributed by atoms with E-state index in [2.05, 4.69) is 16.2 Å². The van der Waals surface area contributed by atoms with Gasteiger partial charge in [-0.05, 0) is 18.9 Å². The topological polar surface area (TPSA) is 127 Å². The van der Waals surface area contributed by atoms with Crippen LogP contribution in [0.4, 0.5) is 5.82 Å². The van der Waals surface area contributed by atoms with Crippen LogP contribution < -0.4 is 5.73 Å². The molecule has 0 atom stereocenters. The smallest absolute Gasteiger partial charge is 0.165 e. The molecule has 0 aliphatic carbocycles. The minimum atomic E-state index is -3.03. The molecular weight excluding hydrogens is 424 g/mol. The first kappa shape index (κ1) is 20.2. The molecular formula is C23H20N6O2S. The van der Waals surface area contributed by atoms with Gasteiger partial charge in [-0.25, -0.2) is 13.4 Å². The highest BCUT2D eigenvalue weighted by molar-refractivity contribution is 7.91. The van der Waals surface area contributed by atoms with E-state index >= 15 is 0 Å². The second kappa shape index (κ2) is 7.73. The number of hydrogen-bond acceptors (Lipinski definition) is 7. The van der Waals surface area contributed by atoms with Gasteiger partial charge in [-0.15, -0.1) is 0 Å². The number of nitrogens with two attached hydrogens (primary N) is 1. The zero-order chi connectivity index (χ0) is 22.3. The van der Waals surface area contributed by atoms with Crippen molar-refractivity contribution in [3.8, 4) is 28.5 Å². The summed E-state index contributed by atoms with van der Waals surface area (Å²) in [5, 5.41) is 14.1. The third kappa shape index (κ3) is 3.48. The highest BCUT2D eigenvalue weighted by Gasteiger charge is 2.29. The summed E-state index contributed by atoms with van der Waals surface area (Å²) >= 11 is 0. The Morgan fingerprint density at radius 1 is 1.03 bits per heavy atom. The fourth-order valence-corrected chi connectivity index (χ4v) is 5.63. The summed E-state index contributed by atoms with van der Waals surface area (Å²) in [5.74, 6) is 0.251. The molecule has 5 rings (SSSR count). The van der Waals surface area contributed by atoms with E-state index in [0.717, 1.165) is 22.4 Å². The van der Waals surface area contributed by atoms with Crippen molar-refractivity contribution in [1.29, 1.82) is 5.26 Å². The normalized spacial score (nSPS) is 16.1. The zero-order valence-electron chi connectivity index (χ0n) is 17.1. The van der Waals surface area contributed by atoms with Gasteiger partial charge in [0, 0.05) is 28.8 Å². The number of aromatic nitrogens is 4.